The van der Waals surface area contributed by atoms with Crippen molar-refractivity contribution in [2.75, 3.05) is 25.1 Å². The first-order valence-electron chi connectivity index (χ1n) is 5.01. The minimum absolute atomic E-state index is 1.05. The number of nitrogens with one attached hydrogen (secondary N) is 1. The summed E-state index contributed by atoms with van der Waals surface area (Å²) in [5.41, 5.74) is 1.29. The highest BCUT2D eigenvalue weighted by Crippen LogP contribution is 1.96. The topological polar surface area (TPSA) is 29.9 Å². The molecule has 1 aromatic heterocycles. The molecule has 80 valence electrons. The Bertz CT molecular complexity index is 247. The molecule has 0 saturated carbocycles. The van der Waals surface area contributed by atoms with E-state index in [1.54, 1.807) is 0 Å². The standard InChI is InChI=1S/C10H19N3S/c1-13-10(5-8-12-13)4-7-11-6-3-9-14-2/h5,8,11H,3-4,6-7,9H2,1-2H3. The van der Waals surface area contributed by atoms with Crippen molar-refractivity contribution in [2.45, 2.75) is 12.8 Å². The molecule has 0 aromatic carbocycles. The molecule has 0 saturated heterocycles. The lowest BCUT2D eigenvalue weighted by Gasteiger charge is -2.04. The fourth-order valence-corrected chi connectivity index (χ4v) is 1.76. The zero-order chi connectivity index (χ0) is 10.2. The molecule has 14 heavy (non-hydrogen) atoms. The molecule has 1 rings (SSSR count). The van der Waals surface area contributed by atoms with Crippen molar-refractivity contribution < 1.29 is 0 Å². The average molecular weight is 213 g/mol. The molecule has 0 unspecified atom stereocenters. The van der Waals surface area contributed by atoms with E-state index in [0.29, 0.717) is 0 Å². The van der Waals surface area contributed by atoms with E-state index < -0.39 is 0 Å². The third kappa shape index (κ3) is 4.15. The fraction of sp³-hybridized carbons (Fsp3) is 0.700. The SMILES string of the molecule is CSCCCNCCc1ccnn1C. The Balaban J connectivity index is 2.02. The van der Waals surface area contributed by atoms with Gasteiger partial charge in [-0.3, -0.25) is 4.68 Å². The number of rotatable bonds is 7. The number of aromatic nitrogens is 2. The van der Waals surface area contributed by atoms with Gasteiger partial charge in [0.15, 0.2) is 0 Å². The zero-order valence-corrected chi connectivity index (χ0v) is 9.81. The highest BCUT2D eigenvalue weighted by Gasteiger charge is 1.96. The van der Waals surface area contributed by atoms with Gasteiger partial charge in [0.2, 0.25) is 0 Å². The molecule has 3 nitrogen and oxygen atoms in total. The first-order valence-corrected chi connectivity index (χ1v) is 6.40. The van der Waals surface area contributed by atoms with Gasteiger partial charge >= 0.3 is 0 Å². The molecular formula is C10H19N3S. The lowest BCUT2D eigenvalue weighted by Crippen LogP contribution is -2.19. The van der Waals surface area contributed by atoms with Crippen molar-refractivity contribution in [3.63, 3.8) is 0 Å². The van der Waals surface area contributed by atoms with Crippen LogP contribution < -0.4 is 5.32 Å². The van der Waals surface area contributed by atoms with E-state index in [-0.39, 0.29) is 0 Å². The number of hydrogen-bond donors (Lipinski definition) is 1. The third-order valence-corrected chi connectivity index (χ3v) is 2.88. The van der Waals surface area contributed by atoms with Gasteiger partial charge in [-0.1, -0.05) is 0 Å². The predicted octanol–water partition coefficient (Wildman–Crippen LogP) is 1.31. The normalized spacial score (nSPS) is 10.7. The van der Waals surface area contributed by atoms with Gasteiger partial charge in [0.1, 0.15) is 0 Å². The number of aryl methyl sites for hydroxylation is 1. The highest BCUT2D eigenvalue weighted by molar-refractivity contribution is 7.98. The van der Waals surface area contributed by atoms with Crippen LogP contribution in [0.25, 0.3) is 0 Å². The Labute approximate surface area is 90.3 Å². The van der Waals surface area contributed by atoms with Gasteiger partial charge in [0.05, 0.1) is 0 Å². The molecule has 0 aliphatic rings. The van der Waals surface area contributed by atoms with E-state index >= 15 is 0 Å². The lowest BCUT2D eigenvalue weighted by atomic mass is 10.3. The third-order valence-electron chi connectivity index (χ3n) is 2.18. The number of thioether (sulfide) groups is 1. The van der Waals surface area contributed by atoms with Crippen LogP contribution >= 0.6 is 11.8 Å². The van der Waals surface area contributed by atoms with Gasteiger partial charge in [-0.15, -0.1) is 0 Å². The summed E-state index contributed by atoms with van der Waals surface area (Å²) in [6, 6.07) is 2.07. The van der Waals surface area contributed by atoms with E-state index in [2.05, 4.69) is 22.7 Å². The van der Waals surface area contributed by atoms with Crippen LogP contribution in [0.15, 0.2) is 12.3 Å². The Hall–Kier alpha value is -0.480. The van der Waals surface area contributed by atoms with Crippen LogP contribution in [0.2, 0.25) is 0 Å². The summed E-state index contributed by atoms with van der Waals surface area (Å²) in [7, 11) is 1.99. The molecule has 1 heterocycles. The van der Waals surface area contributed by atoms with E-state index in [4.69, 9.17) is 0 Å². The Morgan fingerprint density at radius 3 is 3.00 bits per heavy atom. The number of hydrogen-bond acceptors (Lipinski definition) is 3. The molecule has 0 bridgehead atoms. The maximum Gasteiger partial charge on any atom is 0.0492 e. The molecule has 0 spiro atoms. The van der Waals surface area contributed by atoms with E-state index in [1.165, 1.54) is 17.9 Å². The molecule has 0 aliphatic carbocycles. The summed E-state index contributed by atoms with van der Waals surface area (Å²) < 4.78 is 1.93. The molecular weight excluding hydrogens is 194 g/mol. The fourth-order valence-electron chi connectivity index (χ4n) is 1.33. The minimum Gasteiger partial charge on any atom is -0.316 e. The Kier molecular flexibility index (Phi) is 5.71. The Morgan fingerprint density at radius 1 is 1.50 bits per heavy atom. The predicted molar refractivity (Wildman–Crippen MR) is 62.8 cm³/mol. The summed E-state index contributed by atoms with van der Waals surface area (Å²) in [4.78, 5) is 0. The second-order valence-corrected chi connectivity index (χ2v) is 4.28. The summed E-state index contributed by atoms with van der Waals surface area (Å²) in [5.74, 6) is 1.25. The van der Waals surface area contributed by atoms with E-state index in [1.807, 2.05) is 29.7 Å². The largest absolute Gasteiger partial charge is 0.316 e. The van der Waals surface area contributed by atoms with Crippen molar-refractivity contribution >= 4 is 11.8 Å². The van der Waals surface area contributed by atoms with Crippen molar-refractivity contribution in [1.82, 2.24) is 15.1 Å². The van der Waals surface area contributed by atoms with E-state index in [0.717, 1.165) is 19.5 Å². The lowest BCUT2D eigenvalue weighted by molar-refractivity contribution is 0.638. The first-order chi connectivity index (χ1) is 6.84. The second kappa shape index (κ2) is 6.90. The van der Waals surface area contributed by atoms with Crippen molar-refractivity contribution in [1.29, 1.82) is 0 Å². The van der Waals surface area contributed by atoms with Gasteiger partial charge in [-0.2, -0.15) is 16.9 Å². The van der Waals surface area contributed by atoms with Crippen LogP contribution in [0.5, 0.6) is 0 Å². The highest BCUT2D eigenvalue weighted by atomic mass is 32.2. The maximum atomic E-state index is 4.13. The van der Waals surface area contributed by atoms with Gasteiger partial charge < -0.3 is 5.32 Å². The van der Waals surface area contributed by atoms with Crippen LogP contribution in [-0.4, -0.2) is 34.9 Å². The smallest absolute Gasteiger partial charge is 0.0492 e. The quantitative estimate of drug-likeness (QED) is 0.693. The van der Waals surface area contributed by atoms with Gasteiger partial charge in [0, 0.05) is 31.9 Å². The first kappa shape index (κ1) is 11.6. The summed E-state index contributed by atoms with van der Waals surface area (Å²) in [5, 5.41) is 7.56. The van der Waals surface area contributed by atoms with Crippen LogP contribution in [0.3, 0.4) is 0 Å². The van der Waals surface area contributed by atoms with Crippen LogP contribution in [0, 0.1) is 0 Å². The summed E-state index contributed by atoms with van der Waals surface area (Å²) >= 11 is 1.91. The second-order valence-electron chi connectivity index (χ2n) is 3.29. The molecule has 0 radical (unpaired) electrons. The zero-order valence-electron chi connectivity index (χ0n) is 8.99. The average Bonchev–Trinajstić information content (AvgIpc) is 2.58. The molecule has 4 heteroatoms. The number of nitrogens with zero attached hydrogens (tertiary/aromatic N) is 2. The molecule has 1 N–H and O–H groups in total. The molecule has 0 atom stereocenters. The van der Waals surface area contributed by atoms with Gasteiger partial charge in [-0.05, 0) is 31.0 Å². The van der Waals surface area contributed by atoms with Crippen LogP contribution in [0.1, 0.15) is 12.1 Å². The molecule has 0 fully saturated rings. The molecule has 1 aromatic rings. The maximum absolute atomic E-state index is 4.13. The van der Waals surface area contributed by atoms with Crippen molar-refractivity contribution in [3.05, 3.63) is 18.0 Å². The van der Waals surface area contributed by atoms with Crippen LogP contribution in [-0.2, 0) is 13.5 Å². The van der Waals surface area contributed by atoms with Crippen molar-refractivity contribution in [3.8, 4) is 0 Å². The Morgan fingerprint density at radius 2 is 2.36 bits per heavy atom. The summed E-state index contributed by atoms with van der Waals surface area (Å²) in [6.45, 7) is 2.17. The van der Waals surface area contributed by atoms with Crippen LogP contribution in [0.4, 0.5) is 0 Å². The van der Waals surface area contributed by atoms with E-state index in [9.17, 15) is 0 Å². The monoisotopic (exact) mass is 213 g/mol. The van der Waals surface area contributed by atoms with Gasteiger partial charge in [-0.25, -0.2) is 0 Å². The minimum atomic E-state index is 1.05. The molecule has 0 aliphatic heterocycles. The van der Waals surface area contributed by atoms with Crippen molar-refractivity contribution in [2.24, 2.45) is 7.05 Å². The van der Waals surface area contributed by atoms with Gasteiger partial charge in [0.25, 0.3) is 0 Å². The molecule has 0 amide bonds. The summed E-state index contributed by atoms with van der Waals surface area (Å²) in [6.07, 6.45) is 6.32.